The summed E-state index contributed by atoms with van der Waals surface area (Å²) in [5, 5.41) is 8.96. The highest BCUT2D eigenvalue weighted by atomic mass is 16.5. The molecule has 0 saturated carbocycles. The van der Waals surface area contributed by atoms with E-state index in [1.54, 1.807) is 0 Å². The molecule has 1 aliphatic heterocycles. The Kier molecular flexibility index (Phi) is 12.8. The van der Waals surface area contributed by atoms with Gasteiger partial charge in [0.1, 0.15) is 0 Å². The summed E-state index contributed by atoms with van der Waals surface area (Å²) in [6.45, 7) is 7.25. The highest BCUT2D eigenvalue weighted by Gasteiger charge is 2.13. The van der Waals surface area contributed by atoms with Crippen molar-refractivity contribution in [1.82, 2.24) is 4.90 Å². The SMILES string of the molecule is CCCCCCOC(=O)/C(=C/C(=O)O)CCCCCCN1CCOCC1. The van der Waals surface area contributed by atoms with Crippen LogP contribution in [0.4, 0.5) is 0 Å². The predicted octanol–water partition coefficient (Wildman–Crippen LogP) is 3.40. The molecule has 0 aromatic heterocycles. The van der Waals surface area contributed by atoms with Crippen LogP contribution in [0.15, 0.2) is 11.6 Å². The molecule has 1 heterocycles. The number of unbranched alkanes of at least 4 members (excludes halogenated alkanes) is 6. The summed E-state index contributed by atoms with van der Waals surface area (Å²) in [7, 11) is 0. The number of nitrogens with zero attached hydrogens (tertiary/aromatic N) is 1. The van der Waals surface area contributed by atoms with E-state index in [2.05, 4.69) is 11.8 Å². The van der Waals surface area contributed by atoms with Crippen LogP contribution in [0.25, 0.3) is 0 Å². The Morgan fingerprint density at radius 1 is 1.04 bits per heavy atom. The zero-order valence-electron chi connectivity index (χ0n) is 16.2. The Bertz CT molecular complexity index is 430. The van der Waals surface area contributed by atoms with E-state index < -0.39 is 11.9 Å². The van der Waals surface area contributed by atoms with Crippen LogP contribution in [0.5, 0.6) is 0 Å². The van der Waals surface area contributed by atoms with Gasteiger partial charge < -0.3 is 14.6 Å². The van der Waals surface area contributed by atoms with Crippen molar-refractivity contribution in [2.45, 2.75) is 64.7 Å². The number of hydrogen-bond donors (Lipinski definition) is 1. The summed E-state index contributed by atoms with van der Waals surface area (Å²) in [5.74, 6) is -1.56. The Hall–Kier alpha value is -1.40. The number of rotatable bonds is 14. The number of morpholine rings is 1. The molecule has 1 N–H and O–H groups in total. The second-order valence-electron chi connectivity index (χ2n) is 6.82. The molecule has 0 aromatic rings. The van der Waals surface area contributed by atoms with Crippen molar-refractivity contribution < 1.29 is 24.2 Å². The molecule has 0 unspecified atom stereocenters. The average molecular weight is 370 g/mol. The number of ether oxygens (including phenoxy) is 2. The van der Waals surface area contributed by atoms with Gasteiger partial charge in [0.25, 0.3) is 0 Å². The van der Waals surface area contributed by atoms with E-state index in [9.17, 15) is 9.59 Å². The Morgan fingerprint density at radius 2 is 1.73 bits per heavy atom. The van der Waals surface area contributed by atoms with Crippen LogP contribution in [-0.4, -0.2) is 61.4 Å². The van der Waals surface area contributed by atoms with E-state index in [1.165, 1.54) is 0 Å². The summed E-state index contributed by atoms with van der Waals surface area (Å²) in [6.07, 6.45) is 9.61. The summed E-state index contributed by atoms with van der Waals surface area (Å²) >= 11 is 0. The fraction of sp³-hybridized carbons (Fsp3) is 0.800. The molecule has 6 nitrogen and oxygen atoms in total. The van der Waals surface area contributed by atoms with Crippen LogP contribution in [0.3, 0.4) is 0 Å². The smallest absolute Gasteiger partial charge is 0.334 e. The maximum atomic E-state index is 12.1. The number of hydrogen-bond acceptors (Lipinski definition) is 5. The van der Waals surface area contributed by atoms with Gasteiger partial charge in [-0.2, -0.15) is 0 Å². The predicted molar refractivity (Wildman–Crippen MR) is 101 cm³/mol. The van der Waals surface area contributed by atoms with Crippen molar-refractivity contribution in [3.63, 3.8) is 0 Å². The average Bonchev–Trinajstić information content (AvgIpc) is 2.63. The van der Waals surface area contributed by atoms with Crippen molar-refractivity contribution in [3.8, 4) is 0 Å². The lowest BCUT2D eigenvalue weighted by Gasteiger charge is -2.26. The normalized spacial score (nSPS) is 15.8. The zero-order chi connectivity index (χ0) is 19.0. The topological polar surface area (TPSA) is 76.1 Å². The summed E-state index contributed by atoms with van der Waals surface area (Å²) in [5.41, 5.74) is 0.279. The molecule has 0 bridgehead atoms. The van der Waals surface area contributed by atoms with Gasteiger partial charge in [-0.1, -0.05) is 39.0 Å². The van der Waals surface area contributed by atoms with Crippen LogP contribution in [-0.2, 0) is 19.1 Å². The van der Waals surface area contributed by atoms with Crippen molar-refractivity contribution in [2.75, 3.05) is 39.5 Å². The molecule has 1 saturated heterocycles. The van der Waals surface area contributed by atoms with E-state index in [1.807, 2.05) is 0 Å². The molecule has 1 aliphatic rings. The number of carboxylic acids is 1. The zero-order valence-corrected chi connectivity index (χ0v) is 16.2. The third-order valence-electron chi connectivity index (χ3n) is 4.57. The molecule has 6 heteroatoms. The number of esters is 1. The lowest BCUT2D eigenvalue weighted by Crippen LogP contribution is -2.36. The molecule has 0 spiro atoms. The monoisotopic (exact) mass is 369 g/mol. The van der Waals surface area contributed by atoms with Crippen molar-refractivity contribution in [2.24, 2.45) is 0 Å². The first-order valence-corrected chi connectivity index (χ1v) is 10.0. The van der Waals surface area contributed by atoms with Crippen molar-refractivity contribution >= 4 is 11.9 Å². The standard InChI is InChI=1S/C20H35NO5/c1-2-3-4-9-14-26-20(24)18(17-19(22)23)10-7-5-6-8-11-21-12-15-25-16-13-21/h17H,2-16H2,1H3,(H,22,23)/b18-17+. The fourth-order valence-electron chi connectivity index (χ4n) is 3.00. The Morgan fingerprint density at radius 3 is 2.42 bits per heavy atom. The minimum atomic E-state index is -1.09. The van der Waals surface area contributed by atoms with E-state index >= 15 is 0 Å². The molecule has 0 radical (unpaired) electrons. The third-order valence-corrected chi connectivity index (χ3v) is 4.57. The first-order chi connectivity index (χ1) is 12.6. The number of aliphatic carboxylic acids is 1. The van der Waals surface area contributed by atoms with E-state index in [0.29, 0.717) is 13.0 Å². The highest BCUT2D eigenvalue weighted by molar-refractivity contribution is 5.95. The summed E-state index contributed by atoms with van der Waals surface area (Å²) in [6, 6.07) is 0. The van der Waals surface area contributed by atoms with Crippen LogP contribution >= 0.6 is 0 Å². The Balaban J connectivity index is 2.18. The molecule has 0 amide bonds. The quantitative estimate of drug-likeness (QED) is 0.287. The molecule has 0 aliphatic carbocycles. The van der Waals surface area contributed by atoms with Gasteiger partial charge in [0.2, 0.25) is 0 Å². The van der Waals surface area contributed by atoms with Gasteiger partial charge in [-0.25, -0.2) is 9.59 Å². The third kappa shape index (κ3) is 11.3. The van der Waals surface area contributed by atoms with E-state index in [0.717, 1.165) is 90.3 Å². The first-order valence-electron chi connectivity index (χ1n) is 10.0. The van der Waals surface area contributed by atoms with Crippen LogP contribution in [0, 0.1) is 0 Å². The molecule has 150 valence electrons. The van der Waals surface area contributed by atoms with Crippen LogP contribution in [0.2, 0.25) is 0 Å². The minimum absolute atomic E-state index is 0.279. The molecule has 26 heavy (non-hydrogen) atoms. The lowest BCUT2D eigenvalue weighted by atomic mass is 10.1. The lowest BCUT2D eigenvalue weighted by molar-refractivity contribution is -0.140. The van der Waals surface area contributed by atoms with Gasteiger partial charge in [0.05, 0.1) is 19.8 Å². The van der Waals surface area contributed by atoms with Crippen molar-refractivity contribution in [1.29, 1.82) is 0 Å². The maximum absolute atomic E-state index is 12.1. The van der Waals surface area contributed by atoms with Crippen molar-refractivity contribution in [3.05, 3.63) is 11.6 Å². The second kappa shape index (κ2) is 14.7. The highest BCUT2D eigenvalue weighted by Crippen LogP contribution is 2.13. The Labute approximate surface area is 157 Å². The molecule has 0 aromatic carbocycles. The largest absolute Gasteiger partial charge is 0.478 e. The summed E-state index contributed by atoms with van der Waals surface area (Å²) < 4.78 is 10.6. The van der Waals surface area contributed by atoms with Crippen LogP contribution < -0.4 is 0 Å². The molecular weight excluding hydrogens is 334 g/mol. The maximum Gasteiger partial charge on any atom is 0.334 e. The fourth-order valence-corrected chi connectivity index (χ4v) is 3.00. The second-order valence-corrected chi connectivity index (χ2v) is 6.82. The molecule has 1 rings (SSSR count). The molecule has 1 fully saturated rings. The molecular formula is C20H35NO5. The number of carbonyl (C=O) groups is 2. The first kappa shape index (κ1) is 22.6. The van der Waals surface area contributed by atoms with Gasteiger partial charge >= 0.3 is 11.9 Å². The van der Waals surface area contributed by atoms with Crippen LogP contribution in [0.1, 0.15) is 64.7 Å². The summed E-state index contributed by atoms with van der Waals surface area (Å²) in [4.78, 5) is 25.4. The van der Waals surface area contributed by atoms with Gasteiger partial charge in [-0.15, -0.1) is 0 Å². The number of carboxylic acid groups (broad SMARTS) is 1. The van der Waals surface area contributed by atoms with Gasteiger partial charge in [-0.05, 0) is 32.2 Å². The van der Waals surface area contributed by atoms with Gasteiger partial charge in [-0.3, -0.25) is 4.90 Å². The van der Waals surface area contributed by atoms with Gasteiger partial charge in [0.15, 0.2) is 0 Å². The van der Waals surface area contributed by atoms with E-state index in [4.69, 9.17) is 14.6 Å². The number of carbonyl (C=O) groups excluding carboxylic acids is 1. The molecule has 0 atom stereocenters. The van der Waals surface area contributed by atoms with E-state index in [-0.39, 0.29) is 5.57 Å². The van der Waals surface area contributed by atoms with Gasteiger partial charge in [0, 0.05) is 24.7 Å². The minimum Gasteiger partial charge on any atom is -0.478 e.